The molecular weight excluding hydrogens is 620 g/mol. The van der Waals surface area contributed by atoms with Gasteiger partial charge < -0.3 is 29.6 Å². The normalized spacial score (nSPS) is 16.6. The fourth-order valence-corrected chi connectivity index (χ4v) is 5.35. The van der Waals surface area contributed by atoms with Crippen LogP contribution in [0, 0.1) is 5.41 Å². The molecule has 1 aliphatic heterocycles. The first-order chi connectivity index (χ1) is 21.9. The predicted molar refractivity (Wildman–Crippen MR) is 187 cm³/mol. The van der Waals surface area contributed by atoms with Crippen LogP contribution in [0.25, 0.3) is 0 Å². The molecule has 10 heteroatoms. The second-order valence-electron chi connectivity index (χ2n) is 14.4. The summed E-state index contributed by atoms with van der Waals surface area (Å²) in [6.45, 7) is 19.0. The minimum Gasteiger partial charge on any atom is -0.495 e. The first-order valence-electron chi connectivity index (χ1n) is 16.4. The summed E-state index contributed by atoms with van der Waals surface area (Å²) in [5.74, 6) is -1.06. The molecule has 2 amide bonds. The number of rotatable bonds is 15. The number of benzene rings is 2. The van der Waals surface area contributed by atoms with Crippen LogP contribution in [0.4, 0.5) is 11.4 Å². The van der Waals surface area contributed by atoms with Crippen molar-refractivity contribution in [1.29, 1.82) is 0 Å². The van der Waals surface area contributed by atoms with Crippen molar-refractivity contribution < 1.29 is 33.3 Å². The van der Waals surface area contributed by atoms with Crippen LogP contribution in [-0.2, 0) is 34.7 Å². The first kappa shape index (κ1) is 38.3. The molecule has 1 saturated heterocycles. The molecule has 0 spiro atoms. The molecule has 2 N–H and O–H groups in total. The molecule has 260 valence electrons. The molecule has 1 aliphatic rings. The largest absolute Gasteiger partial charge is 0.495 e. The van der Waals surface area contributed by atoms with Crippen LogP contribution in [0.5, 0.6) is 11.5 Å². The number of ketones is 1. The van der Waals surface area contributed by atoms with E-state index in [4.69, 9.17) is 30.5 Å². The Labute approximate surface area is 285 Å². The molecule has 1 unspecified atom stereocenters. The Hall–Kier alpha value is -3.14. The van der Waals surface area contributed by atoms with E-state index >= 15 is 0 Å². The van der Waals surface area contributed by atoms with E-state index in [-0.39, 0.29) is 42.1 Å². The lowest BCUT2D eigenvalue weighted by atomic mass is 9.76. The lowest BCUT2D eigenvalue weighted by molar-refractivity contribution is -0.276. The minimum absolute atomic E-state index is 0.0569. The number of carbonyl (C=O) groups is 3. The SMILES string of the molecule is CCC(C)(C)c1ccc(OCCCC(=O)Nc2ccc(OC)c(NC(=O)C(Cl)C(=O)C3(C)COC(C)(C)OC3)c2)c(C(C)(C)CC)c1. The molecule has 0 bridgehead atoms. The van der Waals surface area contributed by atoms with Gasteiger partial charge in [0.15, 0.2) is 16.9 Å². The highest BCUT2D eigenvalue weighted by Gasteiger charge is 2.46. The van der Waals surface area contributed by atoms with Crippen LogP contribution in [0.1, 0.15) is 99.1 Å². The molecular formula is C37H53ClN2O7. The number of Topliss-reactive ketones (excluding diaryl/α,β-unsaturated/α-hetero) is 1. The maximum Gasteiger partial charge on any atom is 0.250 e. The predicted octanol–water partition coefficient (Wildman–Crippen LogP) is 7.77. The third kappa shape index (κ3) is 9.71. The van der Waals surface area contributed by atoms with E-state index in [1.54, 1.807) is 39.0 Å². The van der Waals surface area contributed by atoms with Gasteiger partial charge in [0.25, 0.3) is 0 Å². The van der Waals surface area contributed by atoms with E-state index in [2.05, 4.69) is 70.4 Å². The quantitative estimate of drug-likeness (QED) is 0.113. The van der Waals surface area contributed by atoms with E-state index in [0.717, 1.165) is 18.6 Å². The molecule has 1 atom stereocenters. The number of alkyl halides is 1. The third-order valence-corrected chi connectivity index (χ3v) is 9.73. The number of methoxy groups -OCH3 is 1. The number of halogens is 1. The van der Waals surface area contributed by atoms with Gasteiger partial charge in [-0.2, -0.15) is 0 Å². The summed E-state index contributed by atoms with van der Waals surface area (Å²) < 4.78 is 22.9. The Bertz CT molecular complexity index is 1430. The van der Waals surface area contributed by atoms with Crippen molar-refractivity contribution in [3.63, 3.8) is 0 Å². The van der Waals surface area contributed by atoms with Crippen molar-refractivity contribution in [2.45, 2.75) is 110 Å². The van der Waals surface area contributed by atoms with Crippen LogP contribution in [0.3, 0.4) is 0 Å². The molecule has 2 aromatic rings. The van der Waals surface area contributed by atoms with Crippen molar-refractivity contribution >= 4 is 40.6 Å². The van der Waals surface area contributed by atoms with Crippen molar-refractivity contribution in [2.24, 2.45) is 5.41 Å². The van der Waals surface area contributed by atoms with E-state index in [9.17, 15) is 14.4 Å². The number of amides is 2. The van der Waals surface area contributed by atoms with Gasteiger partial charge in [-0.1, -0.05) is 53.7 Å². The standard InChI is InChI=1S/C37H53ClN2O7/c1-11-34(3,4)24-15-17-28(26(20-24)35(5,6)12-2)45-19-13-14-30(41)39-25-16-18-29(44-10)27(21-25)40-33(43)31(38)32(42)37(9)22-46-36(7,8)47-23-37/h15-18,20-21,31H,11-14,19,22-23H2,1-10H3,(H,39,41)(H,40,43). The highest BCUT2D eigenvalue weighted by atomic mass is 35.5. The fraction of sp³-hybridized carbons (Fsp3) is 0.595. The van der Waals surface area contributed by atoms with Crippen molar-refractivity contribution in [2.75, 3.05) is 37.6 Å². The molecule has 0 saturated carbocycles. The van der Waals surface area contributed by atoms with Crippen molar-refractivity contribution in [3.05, 3.63) is 47.5 Å². The fourth-order valence-electron chi connectivity index (χ4n) is 5.03. The van der Waals surface area contributed by atoms with Gasteiger partial charge in [0.05, 0.1) is 38.0 Å². The smallest absolute Gasteiger partial charge is 0.250 e. The Balaban J connectivity index is 1.60. The Morgan fingerprint density at radius 2 is 1.53 bits per heavy atom. The molecule has 3 rings (SSSR count). The zero-order chi connectivity index (χ0) is 35.2. The Morgan fingerprint density at radius 1 is 0.915 bits per heavy atom. The summed E-state index contributed by atoms with van der Waals surface area (Å²) in [6, 6.07) is 11.3. The molecule has 47 heavy (non-hydrogen) atoms. The lowest BCUT2D eigenvalue weighted by Crippen LogP contribution is -2.52. The molecule has 0 aromatic heterocycles. The van der Waals surface area contributed by atoms with Gasteiger partial charge in [-0.05, 0) is 80.7 Å². The van der Waals surface area contributed by atoms with Crippen LogP contribution in [0.15, 0.2) is 36.4 Å². The van der Waals surface area contributed by atoms with Gasteiger partial charge in [0.1, 0.15) is 11.5 Å². The van der Waals surface area contributed by atoms with E-state index in [1.165, 1.54) is 18.2 Å². The molecule has 1 heterocycles. The van der Waals surface area contributed by atoms with E-state index in [0.29, 0.717) is 24.5 Å². The molecule has 1 fully saturated rings. The zero-order valence-corrected chi connectivity index (χ0v) is 30.5. The topological polar surface area (TPSA) is 112 Å². The van der Waals surface area contributed by atoms with Crippen LogP contribution in [0.2, 0.25) is 0 Å². The maximum atomic E-state index is 13.1. The summed E-state index contributed by atoms with van der Waals surface area (Å²) in [5.41, 5.74) is 2.12. The Morgan fingerprint density at radius 3 is 2.13 bits per heavy atom. The zero-order valence-electron chi connectivity index (χ0n) is 29.7. The Kier molecular flexibility index (Phi) is 12.5. The second kappa shape index (κ2) is 15.4. The monoisotopic (exact) mass is 672 g/mol. The van der Waals surface area contributed by atoms with Gasteiger partial charge in [-0.15, -0.1) is 11.6 Å². The third-order valence-electron chi connectivity index (χ3n) is 9.34. The van der Waals surface area contributed by atoms with Gasteiger partial charge in [0.2, 0.25) is 11.8 Å². The van der Waals surface area contributed by atoms with Gasteiger partial charge in [-0.3, -0.25) is 14.4 Å². The van der Waals surface area contributed by atoms with Gasteiger partial charge >= 0.3 is 0 Å². The number of nitrogens with one attached hydrogen (secondary N) is 2. The van der Waals surface area contributed by atoms with Gasteiger partial charge in [-0.25, -0.2) is 0 Å². The van der Waals surface area contributed by atoms with Crippen LogP contribution in [-0.4, -0.2) is 55.7 Å². The molecule has 0 aliphatic carbocycles. The highest BCUT2D eigenvalue weighted by Crippen LogP contribution is 2.39. The van der Waals surface area contributed by atoms with E-state index in [1.807, 2.05) is 0 Å². The van der Waals surface area contributed by atoms with Gasteiger partial charge in [0, 0.05) is 17.7 Å². The maximum absolute atomic E-state index is 13.1. The summed E-state index contributed by atoms with van der Waals surface area (Å²) in [7, 11) is 1.46. The van der Waals surface area contributed by atoms with Crippen LogP contribution < -0.4 is 20.1 Å². The number of carbonyl (C=O) groups excluding carboxylic acids is 3. The number of hydrogen-bond donors (Lipinski definition) is 2. The molecule has 9 nitrogen and oxygen atoms in total. The highest BCUT2D eigenvalue weighted by molar-refractivity contribution is 6.44. The molecule has 0 radical (unpaired) electrons. The van der Waals surface area contributed by atoms with Crippen molar-refractivity contribution in [3.8, 4) is 11.5 Å². The number of hydrogen-bond acceptors (Lipinski definition) is 7. The van der Waals surface area contributed by atoms with Crippen molar-refractivity contribution in [1.82, 2.24) is 0 Å². The average molecular weight is 673 g/mol. The summed E-state index contributed by atoms with van der Waals surface area (Å²) in [6.07, 6.45) is 2.75. The first-order valence-corrected chi connectivity index (χ1v) is 16.8. The lowest BCUT2D eigenvalue weighted by Gasteiger charge is -2.40. The minimum atomic E-state index is -1.49. The molecule has 2 aromatic carbocycles. The summed E-state index contributed by atoms with van der Waals surface area (Å²) >= 11 is 6.34. The summed E-state index contributed by atoms with van der Waals surface area (Å²) in [4.78, 5) is 39.0. The number of ether oxygens (including phenoxy) is 4. The van der Waals surface area contributed by atoms with Crippen LogP contribution >= 0.6 is 11.6 Å². The average Bonchev–Trinajstić information content (AvgIpc) is 3.04. The second-order valence-corrected chi connectivity index (χ2v) is 14.8. The van der Waals surface area contributed by atoms with E-state index < -0.39 is 28.3 Å². The number of anilines is 2. The summed E-state index contributed by atoms with van der Waals surface area (Å²) in [5, 5.41) is 4.04.